The third kappa shape index (κ3) is 2.38. The van der Waals surface area contributed by atoms with Crippen molar-refractivity contribution < 1.29 is 9.90 Å². The third-order valence-corrected chi connectivity index (χ3v) is 2.82. The van der Waals surface area contributed by atoms with Crippen LogP contribution < -0.4 is 0 Å². The quantitative estimate of drug-likeness (QED) is 0.827. The molecule has 1 saturated carbocycles. The molecule has 16 heavy (non-hydrogen) atoms. The first-order valence-corrected chi connectivity index (χ1v) is 5.81. The number of hydrogen-bond donors (Lipinski definition) is 1. The van der Waals surface area contributed by atoms with Gasteiger partial charge in [-0.3, -0.25) is 0 Å². The molecule has 0 radical (unpaired) electrons. The summed E-state index contributed by atoms with van der Waals surface area (Å²) in [6.45, 7) is 2.12. The van der Waals surface area contributed by atoms with Crippen LogP contribution in [-0.2, 0) is 6.42 Å². The van der Waals surface area contributed by atoms with E-state index >= 15 is 0 Å². The molecule has 1 aromatic heterocycles. The van der Waals surface area contributed by atoms with Crippen molar-refractivity contribution in [2.24, 2.45) is 0 Å². The summed E-state index contributed by atoms with van der Waals surface area (Å²) in [5, 5.41) is 9.03. The number of hydrogen-bond acceptors (Lipinski definition) is 3. The molecule has 0 amide bonds. The number of unbranched alkanes of at least 4 members (excludes halogenated alkanes) is 1. The minimum Gasteiger partial charge on any atom is -0.478 e. The normalized spacial score (nSPS) is 15.1. The van der Waals surface area contributed by atoms with Gasteiger partial charge in [0.15, 0.2) is 0 Å². The highest BCUT2D eigenvalue weighted by Crippen LogP contribution is 2.40. The summed E-state index contributed by atoms with van der Waals surface area (Å²) in [7, 11) is 0. The number of carbonyl (C=O) groups is 1. The van der Waals surface area contributed by atoms with E-state index in [9.17, 15) is 4.79 Å². The molecule has 0 atom stereocenters. The van der Waals surface area contributed by atoms with Crippen molar-refractivity contribution in [1.82, 2.24) is 9.97 Å². The fourth-order valence-electron chi connectivity index (χ4n) is 1.72. The summed E-state index contributed by atoms with van der Waals surface area (Å²) in [6.07, 6.45) is 6.58. The lowest BCUT2D eigenvalue weighted by atomic mass is 10.1. The molecule has 86 valence electrons. The molecule has 4 nitrogen and oxygen atoms in total. The first-order valence-electron chi connectivity index (χ1n) is 5.81. The minimum absolute atomic E-state index is 0.280. The van der Waals surface area contributed by atoms with Gasteiger partial charge in [-0.1, -0.05) is 13.3 Å². The van der Waals surface area contributed by atoms with E-state index in [1.54, 1.807) is 0 Å². The Balaban J connectivity index is 2.25. The van der Waals surface area contributed by atoms with Crippen molar-refractivity contribution in [1.29, 1.82) is 0 Å². The Morgan fingerprint density at radius 1 is 1.56 bits per heavy atom. The van der Waals surface area contributed by atoms with E-state index in [1.165, 1.54) is 6.20 Å². The molecular weight excluding hydrogens is 204 g/mol. The number of aromatic nitrogens is 2. The van der Waals surface area contributed by atoms with Gasteiger partial charge in [-0.05, 0) is 19.3 Å². The molecule has 0 saturated heterocycles. The van der Waals surface area contributed by atoms with Gasteiger partial charge in [-0.25, -0.2) is 14.8 Å². The number of carboxylic acids is 1. The Morgan fingerprint density at radius 3 is 2.88 bits per heavy atom. The second kappa shape index (κ2) is 4.60. The molecule has 0 aliphatic heterocycles. The number of rotatable bonds is 5. The minimum atomic E-state index is -0.913. The molecule has 1 fully saturated rings. The lowest BCUT2D eigenvalue weighted by Crippen LogP contribution is -2.08. The first kappa shape index (κ1) is 11.0. The van der Waals surface area contributed by atoms with Gasteiger partial charge in [0, 0.05) is 18.5 Å². The average molecular weight is 220 g/mol. The van der Waals surface area contributed by atoms with E-state index in [2.05, 4.69) is 16.9 Å². The summed E-state index contributed by atoms with van der Waals surface area (Å²) < 4.78 is 0. The van der Waals surface area contributed by atoms with Crippen LogP contribution in [0.1, 0.15) is 60.4 Å². The molecule has 1 aliphatic rings. The highest BCUT2D eigenvalue weighted by atomic mass is 16.4. The van der Waals surface area contributed by atoms with E-state index in [0.717, 1.165) is 43.6 Å². The Hall–Kier alpha value is -1.45. The maximum absolute atomic E-state index is 11.0. The Labute approximate surface area is 94.7 Å². The van der Waals surface area contributed by atoms with E-state index in [4.69, 9.17) is 5.11 Å². The van der Waals surface area contributed by atoms with Gasteiger partial charge in [-0.15, -0.1) is 0 Å². The molecule has 0 spiro atoms. The monoisotopic (exact) mass is 220 g/mol. The second-order valence-electron chi connectivity index (χ2n) is 4.27. The van der Waals surface area contributed by atoms with Gasteiger partial charge < -0.3 is 5.11 Å². The summed E-state index contributed by atoms with van der Waals surface area (Å²) in [5.41, 5.74) is 1.02. The number of aromatic carboxylic acids is 1. The molecule has 0 aromatic carbocycles. The van der Waals surface area contributed by atoms with Crippen LogP contribution in [0.25, 0.3) is 0 Å². The SMILES string of the molecule is CCCCc1ncc(C(=O)O)c(C2CC2)n1. The van der Waals surface area contributed by atoms with Gasteiger partial charge in [0.25, 0.3) is 0 Å². The first-order chi connectivity index (χ1) is 7.72. The zero-order valence-corrected chi connectivity index (χ0v) is 9.44. The fourth-order valence-corrected chi connectivity index (χ4v) is 1.72. The number of aryl methyl sites for hydroxylation is 1. The summed E-state index contributed by atoms with van der Waals surface area (Å²) in [5.74, 6) is 0.229. The molecule has 1 aromatic rings. The molecule has 0 unspecified atom stereocenters. The highest BCUT2D eigenvalue weighted by molar-refractivity contribution is 5.88. The summed E-state index contributed by atoms with van der Waals surface area (Å²) >= 11 is 0. The van der Waals surface area contributed by atoms with Gasteiger partial charge in [0.2, 0.25) is 0 Å². The van der Waals surface area contributed by atoms with E-state index in [-0.39, 0.29) is 5.56 Å². The van der Waals surface area contributed by atoms with Gasteiger partial charge in [-0.2, -0.15) is 0 Å². The molecule has 1 heterocycles. The second-order valence-corrected chi connectivity index (χ2v) is 4.27. The maximum Gasteiger partial charge on any atom is 0.339 e. The summed E-state index contributed by atoms with van der Waals surface area (Å²) in [4.78, 5) is 19.5. The van der Waals surface area contributed by atoms with Gasteiger partial charge >= 0.3 is 5.97 Å². The largest absolute Gasteiger partial charge is 0.478 e. The average Bonchev–Trinajstić information content (AvgIpc) is 3.09. The molecule has 0 bridgehead atoms. The van der Waals surface area contributed by atoms with Crippen molar-refractivity contribution in [3.05, 3.63) is 23.3 Å². The highest BCUT2D eigenvalue weighted by Gasteiger charge is 2.30. The molecule has 1 N–H and O–H groups in total. The van der Waals surface area contributed by atoms with Crippen LogP contribution >= 0.6 is 0 Å². The predicted octanol–water partition coefficient (Wildman–Crippen LogP) is 2.39. The zero-order chi connectivity index (χ0) is 11.5. The van der Waals surface area contributed by atoms with Crippen LogP contribution in [0.5, 0.6) is 0 Å². The lowest BCUT2D eigenvalue weighted by Gasteiger charge is -2.05. The predicted molar refractivity (Wildman–Crippen MR) is 59.6 cm³/mol. The van der Waals surface area contributed by atoms with E-state index in [1.807, 2.05) is 0 Å². The molecule has 2 rings (SSSR count). The number of nitrogens with zero attached hydrogens (tertiary/aromatic N) is 2. The molecule has 4 heteroatoms. The van der Waals surface area contributed by atoms with Crippen LogP contribution in [-0.4, -0.2) is 21.0 Å². The molecular formula is C12H16N2O2. The van der Waals surface area contributed by atoms with Crippen LogP contribution in [0.4, 0.5) is 0 Å². The van der Waals surface area contributed by atoms with Gasteiger partial charge in [0.1, 0.15) is 5.82 Å². The van der Waals surface area contributed by atoms with Crippen LogP contribution in [0.3, 0.4) is 0 Å². The summed E-state index contributed by atoms with van der Waals surface area (Å²) in [6, 6.07) is 0. The Morgan fingerprint density at radius 2 is 2.31 bits per heavy atom. The van der Waals surface area contributed by atoms with Crippen molar-refractivity contribution >= 4 is 5.97 Å². The van der Waals surface area contributed by atoms with Gasteiger partial charge in [0.05, 0.1) is 11.3 Å². The van der Waals surface area contributed by atoms with E-state index < -0.39 is 5.97 Å². The van der Waals surface area contributed by atoms with E-state index in [0.29, 0.717) is 5.92 Å². The standard InChI is InChI=1S/C12H16N2O2/c1-2-3-4-10-13-7-9(12(15)16)11(14-10)8-5-6-8/h7-8H,2-6H2,1H3,(H,15,16). The Bertz CT molecular complexity index is 400. The van der Waals surface area contributed by atoms with Crippen molar-refractivity contribution in [2.45, 2.75) is 44.9 Å². The van der Waals surface area contributed by atoms with Crippen molar-refractivity contribution in [3.8, 4) is 0 Å². The van der Waals surface area contributed by atoms with Crippen LogP contribution in [0.15, 0.2) is 6.20 Å². The topological polar surface area (TPSA) is 63.1 Å². The van der Waals surface area contributed by atoms with Crippen LogP contribution in [0, 0.1) is 0 Å². The Kier molecular flexibility index (Phi) is 3.17. The third-order valence-electron chi connectivity index (χ3n) is 2.82. The van der Waals surface area contributed by atoms with Crippen molar-refractivity contribution in [2.75, 3.05) is 0 Å². The fraction of sp³-hybridized carbons (Fsp3) is 0.583. The molecule has 1 aliphatic carbocycles. The number of carboxylic acid groups (broad SMARTS) is 1. The smallest absolute Gasteiger partial charge is 0.339 e. The van der Waals surface area contributed by atoms with Crippen LogP contribution in [0.2, 0.25) is 0 Å². The lowest BCUT2D eigenvalue weighted by molar-refractivity contribution is 0.0694. The zero-order valence-electron chi connectivity index (χ0n) is 9.44. The van der Waals surface area contributed by atoms with Crippen molar-refractivity contribution in [3.63, 3.8) is 0 Å². The maximum atomic E-state index is 11.0.